The van der Waals surface area contributed by atoms with Crippen LogP contribution < -0.4 is 14.8 Å². The van der Waals surface area contributed by atoms with Gasteiger partial charge in [-0.05, 0) is 25.1 Å². The molecule has 0 saturated carbocycles. The molecular weight excluding hydrogens is 332 g/mol. The number of hydrogen-bond acceptors (Lipinski definition) is 4. The highest BCUT2D eigenvalue weighted by molar-refractivity contribution is 7.13. The fourth-order valence-corrected chi connectivity index (χ4v) is 3.52. The second-order valence-corrected chi connectivity index (χ2v) is 6.71. The summed E-state index contributed by atoms with van der Waals surface area (Å²) in [4.78, 5) is 4.77. The molecule has 3 rings (SSSR count). The van der Waals surface area contributed by atoms with E-state index in [0.29, 0.717) is 6.04 Å². The molecule has 2 aromatic carbocycles. The topological polar surface area (TPSA) is 48.0 Å². The Kier molecular flexibility index (Phi) is 5.68. The van der Waals surface area contributed by atoms with Gasteiger partial charge >= 0.3 is 0 Å². The zero-order valence-corrected chi connectivity index (χ0v) is 15.5. The van der Waals surface area contributed by atoms with Crippen molar-refractivity contribution in [2.45, 2.75) is 19.5 Å². The van der Waals surface area contributed by atoms with Gasteiger partial charge in [0.25, 0.3) is 0 Å². The molecule has 0 aliphatic heterocycles. The summed E-state index contributed by atoms with van der Waals surface area (Å²) in [6, 6.07) is 16.8. The first-order valence-electron chi connectivity index (χ1n) is 8.26. The molecule has 3 aromatic rings. The lowest BCUT2D eigenvalue weighted by atomic mass is 10.1. The predicted molar refractivity (Wildman–Crippen MR) is 101 cm³/mol. The lowest BCUT2D eigenvalue weighted by Crippen LogP contribution is -2.83. The molecule has 0 radical (unpaired) electrons. The second-order valence-electron chi connectivity index (χ2n) is 5.85. The molecule has 130 valence electrons. The zero-order chi connectivity index (χ0) is 17.6. The maximum Gasteiger partial charge on any atom is 0.161 e. The summed E-state index contributed by atoms with van der Waals surface area (Å²) >= 11 is 1.66. The van der Waals surface area contributed by atoms with E-state index in [4.69, 9.17) is 14.5 Å². The van der Waals surface area contributed by atoms with E-state index >= 15 is 0 Å². The number of methoxy groups -OCH3 is 2. The molecule has 0 aliphatic carbocycles. The minimum absolute atomic E-state index is 0.410. The molecule has 0 bridgehead atoms. The van der Waals surface area contributed by atoms with E-state index in [0.717, 1.165) is 34.3 Å². The van der Waals surface area contributed by atoms with Crippen molar-refractivity contribution < 1.29 is 14.8 Å². The number of nitrogens with zero attached hydrogens (tertiary/aromatic N) is 1. The van der Waals surface area contributed by atoms with Crippen LogP contribution >= 0.6 is 11.3 Å². The van der Waals surface area contributed by atoms with Crippen LogP contribution in [0, 0.1) is 0 Å². The van der Waals surface area contributed by atoms with Crippen molar-refractivity contribution in [3.05, 3.63) is 65.2 Å². The van der Waals surface area contributed by atoms with Crippen LogP contribution in [-0.4, -0.2) is 19.2 Å². The highest BCUT2D eigenvalue weighted by Crippen LogP contribution is 2.33. The maximum absolute atomic E-state index is 5.38. The van der Waals surface area contributed by atoms with Gasteiger partial charge in [-0.25, -0.2) is 4.98 Å². The zero-order valence-electron chi connectivity index (χ0n) is 14.7. The molecule has 0 aliphatic rings. The summed E-state index contributed by atoms with van der Waals surface area (Å²) < 4.78 is 10.7. The highest BCUT2D eigenvalue weighted by atomic mass is 32.1. The summed E-state index contributed by atoms with van der Waals surface area (Å²) in [5.41, 5.74) is 3.47. The lowest BCUT2D eigenvalue weighted by molar-refractivity contribution is -0.708. The molecule has 25 heavy (non-hydrogen) atoms. The summed E-state index contributed by atoms with van der Waals surface area (Å²) in [6.07, 6.45) is 0. The number of benzene rings is 2. The Labute approximate surface area is 152 Å². The average molecular weight is 355 g/mol. The van der Waals surface area contributed by atoms with Gasteiger partial charge in [0.1, 0.15) is 23.3 Å². The van der Waals surface area contributed by atoms with Gasteiger partial charge in [0, 0.05) is 16.5 Å². The van der Waals surface area contributed by atoms with E-state index < -0.39 is 0 Å². The third kappa shape index (κ3) is 4.18. The first-order valence-corrected chi connectivity index (χ1v) is 9.14. The summed E-state index contributed by atoms with van der Waals surface area (Å²) in [5, 5.41) is 5.43. The van der Waals surface area contributed by atoms with E-state index in [9.17, 15) is 0 Å². The number of ether oxygens (including phenoxy) is 2. The van der Waals surface area contributed by atoms with Crippen LogP contribution in [-0.2, 0) is 6.54 Å². The van der Waals surface area contributed by atoms with Crippen LogP contribution in [0.3, 0.4) is 0 Å². The smallest absolute Gasteiger partial charge is 0.161 e. The van der Waals surface area contributed by atoms with Gasteiger partial charge in [-0.2, -0.15) is 0 Å². The maximum atomic E-state index is 5.38. The molecule has 4 nitrogen and oxygen atoms in total. The Morgan fingerprint density at radius 1 is 1.04 bits per heavy atom. The number of hydrogen-bond donors (Lipinski definition) is 1. The lowest BCUT2D eigenvalue weighted by Gasteiger charge is -2.09. The Bertz CT molecular complexity index is 818. The quantitative estimate of drug-likeness (QED) is 0.704. The monoisotopic (exact) mass is 355 g/mol. The molecule has 0 unspecified atom stereocenters. The van der Waals surface area contributed by atoms with Crippen LogP contribution in [0.4, 0.5) is 0 Å². The van der Waals surface area contributed by atoms with Crippen molar-refractivity contribution in [2.75, 3.05) is 14.2 Å². The standard InChI is InChI=1S/C20H22N2O2S/c1-14(15-7-5-4-6-8-15)21-12-17-13-25-20(22-17)16-9-10-18(23-2)19(11-16)24-3/h4-11,13-14,21H,12H2,1-3H3/p+1/t14-/m0/s1. The molecular formula is C20H23N2O2S+. The Balaban J connectivity index is 1.68. The Morgan fingerprint density at radius 3 is 2.52 bits per heavy atom. The van der Waals surface area contributed by atoms with Gasteiger partial charge in [-0.15, -0.1) is 11.3 Å². The van der Waals surface area contributed by atoms with E-state index in [1.165, 1.54) is 5.56 Å². The minimum atomic E-state index is 0.410. The van der Waals surface area contributed by atoms with Crippen molar-refractivity contribution in [2.24, 2.45) is 0 Å². The first-order chi connectivity index (χ1) is 12.2. The molecule has 1 heterocycles. The van der Waals surface area contributed by atoms with Gasteiger partial charge in [0.05, 0.1) is 14.2 Å². The molecule has 0 spiro atoms. The third-order valence-corrected chi connectivity index (χ3v) is 5.13. The number of rotatable bonds is 7. The molecule has 2 N–H and O–H groups in total. The minimum Gasteiger partial charge on any atom is -0.493 e. The number of thiazole rings is 1. The van der Waals surface area contributed by atoms with E-state index in [1.54, 1.807) is 25.6 Å². The predicted octanol–water partition coefficient (Wildman–Crippen LogP) is 3.65. The van der Waals surface area contributed by atoms with Crippen LogP contribution in [0.1, 0.15) is 24.2 Å². The van der Waals surface area contributed by atoms with Gasteiger partial charge < -0.3 is 14.8 Å². The van der Waals surface area contributed by atoms with E-state index in [1.807, 2.05) is 24.3 Å². The van der Waals surface area contributed by atoms with Crippen molar-refractivity contribution >= 4 is 11.3 Å². The van der Waals surface area contributed by atoms with Crippen molar-refractivity contribution in [3.63, 3.8) is 0 Å². The van der Waals surface area contributed by atoms with Gasteiger partial charge in [0.15, 0.2) is 11.5 Å². The van der Waals surface area contributed by atoms with Crippen LogP contribution in [0.2, 0.25) is 0 Å². The molecule has 1 aromatic heterocycles. The molecule has 0 fully saturated rings. The van der Waals surface area contributed by atoms with Crippen molar-refractivity contribution in [1.29, 1.82) is 0 Å². The van der Waals surface area contributed by atoms with E-state index in [-0.39, 0.29) is 0 Å². The number of nitrogens with two attached hydrogens (primary N) is 1. The van der Waals surface area contributed by atoms with Gasteiger partial charge in [-0.3, -0.25) is 0 Å². The summed E-state index contributed by atoms with van der Waals surface area (Å²) in [5.74, 6) is 1.45. The number of aromatic nitrogens is 1. The van der Waals surface area contributed by atoms with Crippen LogP contribution in [0.5, 0.6) is 11.5 Å². The van der Waals surface area contributed by atoms with Crippen LogP contribution in [0.15, 0.2) is 53.9 Å². The normalized spacial score (nSPS) is 12.0. The van der Waals surface area contributed by atoms with E-state index in [2.05, 4.69) is 41.9 Å². The Hall–Kier alpha value is -2.37. The molecule has 0 saturated heterocycles. The largest absolute Gasteiger partial charge is 0.493 e. The fourth-order valence-electron chi connectivity index (χ4n) is 2.69. The van der Waals surface area contributed by atoms with Crippen LogP contribution in [0.25, 0.3) is 10.6 Å². The molecule has 1 atom stereocenters. The first kappa shape index (κ1) is 17.5. The Morgan fingerprint density at radius 2 is 1.80 bits per heavy atom. The fraction of sp³-hybridized carbons (Fsp3) is 0.250. The second kappa shape index (κ2) is 8.14. The number of quaternary nitrogens is 1. The SMILES string of the molecule is COc1ccc(-c2nc(C[NH2+][C@@H](C)c3ccccc3)cs2)cc1OC. The summed E-state index contributed by atoms with van der Waals surface area (Å²) in [6.45, 7) is 3.08. The average Bonchev–Trinajstić information content (AvgIpc) is 3.15. The highest BCUT2D eigenvalue weighted by Gasteiger charge is 2.12. The van der Waals surface area contributed by atoms with Crippen molar-refractivity contribution in [3.8, 4) is 22.1 Å². The van der Waals surface area contributed by atoms with Gasteiger partial charge in [-0.1, -0.05) is 30.3 Å². The summed E-state index contributed by atoms with van der Waals surface area (Å²) in [7, 11) is 3.29. The van der Waals surface area contributed by atoms with Gasteiger partial charge in [0.2, 0.25) is 0 Å². The molecule has 5 heteroatoms. The van der Waals surface area contributed by atoms with Crippen molar-refractivity contribution in [1.82, 2.24) is 4.98 Å². The molecule has 0 amide bonds. The third-order valence-electron chi connectivity index (χ3n) is 4.19.